The first-order chi connectivity index (χ1) is 9.16. The zero-order valence-electron chi connectivity index (χ0n) is 10.7. The van der Waals surface area contributed by atoms with E-state index in [1.807, 2.05) is 30.3 Å². The van der Waals surface area contributed by atoms with Gasteiger partial charge >= 0.3 is 5.97 Å². The van der Waals surface area contributed by atoms with Crippen molar-refractivity contribution in [1.29, 1.82) is 0 Å². The maximum atomic E-state index is 11.0. The molecule has 1 heterocycles. The SMILES string of the molecule is O=C(O)C1CCCN1CC(O)COc1ccccc1. The Balaban J connectivity index is 1.78. The Hall–Kier alpha value is -1.59. The Labute approximate surface area is 112 Å². The van der Waals surface area contributed by atoms with Gasteiger partial charge in [-0.1, -0.05) is 18.2 Å². The Morgan fingerprint density at radius 3 is 2.84 bits per heavy atom. The van der Waals surface area contributed by atoms with Gasteiger partial charge in [-0.2, -0.15) is 0 Å². The van der Waals surface area contributed by atoms with Gasteiger partial charge in [0.2, 0.25) is 0 Å². The summed E-state index contributed by atoms with van der Waals surface area (Å²) in [5, 5.41) is 19.0. The van der Waals surface area contributed by atoms with Crippen molar-refractivity contribution >= 4 is 5.97 Å². The van der Waals surface area contributed by atoms with E-state index >= 15 is 0 Å². The highest BCUT2D eigenvalue weighted by Crippen LogP contribution is 2.17. The first kappa shape index (κ1) is 13.8. The zero-order valence-corrected chi connectivity index (χ0v) is 10.7. The fourth-order valence-electron chi connectivity index (χ4n) is 2.36. The molecular formula is C14H19NO4. The second-order valence-electron chi connectivity index (χ2n) is 4.77. The minimum absolute atomic E-state index is 0.173. The fourth-order valence-corrected chi connectivity index (χ4v) is 2.36. The molecule has 0 saturated carbocycles. The number of rotatable bonds is 6. The van der Waals surface area contributed by atoms with Crippen LogP contribution in [0, 0.1) is 0 Å². The van der Waals surface area contributed by atoms with Crippen molar-refractivity contribution < 1.29 is 19.7 Å². The number of β-amino-alcohol motifs (C(OH)–C–C–N with tert-alkyl or cyclic N) is 1. The highest BCUT2D eigenvalue weighted by Gasteiger charge is 2.31. The van der Waals surface area contributed by atoms with Crippen molar-refractivity contribution in [3.05, 3.63) is 30.3 Å². The summed E-state index contributed by atoms with van der Waals surface area (Å²) in [5.41, 5.74) is 0. The van der Waals surface area contributed by atoms with Gasteiger partial charge in [0.15, 0.2) is 0 Å². The van der Waals surface area contributed by atoms with E-state index in [-0.39, 0.29) is 6.61 Å². The van der Waals surface area contributed by atoms with Crippen molar-refractivity contribution in [3.8, 4) is 5.75 Å². The van der Waals surface area contributed by atoms with Crippen molar-refractivity contribution in [1.82, 2.24) is 4.90 Å². The Morgan fingerprint density at radius 1 is 1.42 bits per heavy atom. The van der Waals surface area contributed by atoms with Crippen molar-refractivity contribution in [2.24, 2.45) is 0 Å². The van der Waals surface area contributed by atoms with Crippen LogP contribution in [-0.4, -0.2) is 52.9 Å². The quantitative estimate of drug-likeness (QED) is 0.802. The molecule has 19 heavy (non-hydrogen) atoms. The first-order valence-corrected chi connectivity index (χ1v) is 6.49. The normalized spacial score (nSPS) is 21.2. The molecule has 1 saturated heterocycles. The highest BCUT2D eigenvalue weighted by atomic mass is 16.5. The van der Waals surface area contributed by atoms with Crippen LogP contribution in [0.15, 0.2) is 30.3 Å². The van der Waals surface area contributed by atoms with Crippen LogP contribution in [0.5, 0.6) is 5.75 Å². The average Bonchev–Trinajstić information content (AvgIpc) is 2.86. The number of nitrogens with zero attached hydrogens (tertiary/aromatic N) is 1. The molecule has 0 amide bonds. The molecule has 5 nitrogen and oxygen atoms in total. The molecule has 0 aromatic heterocycles. The van der Waals surface area contributed by atoms with Crippen LogP contribution in [-0.2, 0) is 4.79 Å². The number of aliphatic hydroxyl groups excluding tert-OH is 1. The third-order valence-corrected chi connectivity index (χ3v) is 3.28. The Morgan fingerprint density at radius 2 is 2.16 bits per heavy atom. The predicted octanol–water partition coefficient (Wildman–Crippen LogP) is 0.975. The van der Waals surface area contributed by atoms with Gasteiger partial charge in [-0.25, -0.2) is 0 Å². The van der Waals surface area contributed by atoms with Crippen molar-refractivity contribution in [2.45, 2.75) is 25.0 Å². The number of para-hydroxylation sites is 1. The molecule has 2 atom stereocenters. The number of aliphatic carboxylic acids is 1. The van der Waals surface area contributed by atoms with Crippen LogP contribution in [0.25, 0.3) is 0 Å². The molecule has 0 radical (unpaired) electrons. The number of carbonyl (C=O) groups is 1. The van der Waals surface area contributed by atoms with Gasteiger partial charge in [0.25, 0.3) is 0 Å². The molecule has 0 aliphatic carbocycles. The lowest BCUT2D eigenvalue weighted by Gasteiger charge is -2.24. The number of ether oxygens (including phenoxy) is 1. The van der Waals surface area contributed by atoms with E-state index in [0.29, 0.717) is 18.7 Å². The van der Waals surface area contributed by atoms with Crippen LogP contribution in [0.3, 0.4) is 0 Å². The van der Waals surface area contributed by atoms with Gasteiger partial charge < -0.3 is 14.9 Å². The lowest BCUT2D eigenvalue weighted by atomic mass is 10.2. The van der Waals surface area contributed by atoms with E-state index < -0.39 is 18.1 Å². The minimum Gasteiger partial charge on any atom is -0.491 e. The fraction of sp³-hybridized carbons (Fsp3) is 0.500. The van der Waals surface area contributed by atoms with E-state index in [4.69, 9.17) is 9.84 Å². The molecule has 2 rings (SSSR count). The molecule has 0 spiro atoms. The molecule has 104 valence electrons. The van der Waals surface area contributed by atoms with Gasteiger partial charge in [0.05, 0.1) is 0 Å². The Bertz CT molecular complexity index is 409. The maximum Gasteiger partial charge on any atom is 0.320 e. The summed E-state index contributed by atoms with van der Waals surface area (Å²) >= 11 is 0. The van der Waals surface area contributed by atoms with E-state index in [0.717, 1.165) is 13.0 Å². The lowest BCUT2D eigenvalue weighted by Crippen LogP contribution is -2.42. The number of hydrogen-bond acceptors (Lipinski definition) is 4. The number of aliphatic hydroxyl groups is 1. The zero-order chi connectivity index (χ0) is 13.7. The number of carboxylic acid groups (broad SMARTS) is 1. The highest BCUT2D eigenvalue weighted by molar-refractivity contribution is 5.73. The van der Waals surface area contributed by atoms with Crippen LogP contribution in [0.1, 0.15) is 12.8 Å². The summed E-state index contributed by atoms with van der Waals surface area (Å²) < 4.78 is 5.45. The van der Waals surface area contributed by atoms with Gasteiger partial charge in [0, 0.05) is 6.54 Å². The summed E-state index contributed by atoms with van der Waals surface area (Å²) in [7, 11) is 0. The molecular weight excluding hydrogens is 246 g/mol. The maximum absolute atomic E-state index is 11.0. The predicted molar refractivity (Wildman–Crippen MR) is 70.2 cm³/mol. The molecule has 2 N–H and O–H groups in total. The molecule has 1 aliphatic rings. The number of benzene rings is 1. The standard InChI is InChI=1S/C14H19NO4/c16-11(10-19-12-5-2-1-3-6-12)9-15-8-4-7-13(15)14(17)18/h1-3,5-6,11,13,16H,4,7-10H2,(H,17,18). The largest absolute Gasteiger partial charge is 0.491 e. The van der Waals surface area contributed by atoms with Crippen LogP contribution >= 0.6 is 0 Å². The van der Waals surface area contributed by atoms with E-state index in [1.165, 1.54) is 0 Å². The summed E-state index contributed by atoms with van der Waals surface area (Å²) in [6.07, 6.45) is 0.838. The molecule has 1 aromatic carbocycles. The molecule has 1 aliphatic heterocycles. The summed E-state index contributed by atoms with van der Waals surface area (Å²) in [4.78, 5) is 12.8. The minimum atomic E-state index is -0.811. The van der Waals surface area contributed by atoms with Gasteiger partial charge in [-0.3, -0.25) is 9.69 Å². The molecule has 2 unspecified atom stereocenters. The average molecular weight is 265 g/mol. The Kier molecular flexibility index (Phi) is 4.76. The van der Waals surface area contributed by atoms with Crippen molar-refractivity contribution in [3.63, 3.8) is 0 Å². The lowest BCUT2D eigenvalue weighted by molar-refractivity contribution is -0.142. The van der Waals surface area contributed by atoms with Gasteiger partial charge in [-0.05, 0) is 31.5 Å². The monoisotopic (exact) mass is 265 g/mol. The summed E-state index contributed by atoms with van der Waals surface area (Å²) in [6, 6.07) is 8.80. The summed E-state index contributed by atoms with van der Waals surface area (Å²) in [5.74, 6) is -0.105. The third-order valence-electron chi connectivity index (χ3n) is 3.28. The second-order valence-corrected chi connectivity index (χ2v) is 4.77. The van der Waals surface area contributed by atoms with E-state index in [1.54, 1.807) is 4.90 Å². The van der Waals surface area contributed by atoms with Crippen LogP contribution < -0.4 is 4.74 Å². The number of hydrogen-bond donors (Lipinski definition) is 2. The van der Waals surface area contributed by atoms with Crippen LogP contribution in [0.4, 0.5) is 0 Å². The van der Waals surface area contributed by atoms with Crippen molar-refractivity contribution in [2.75, 3.05) is 19.7 Å². The first-order valence-electron chi connectivity index (χ1n) is 6.49. The van der Waals surface area contributed by atoms with Crippen LogP contribution in [0.2, 0.25) is 0 Å². The second kappa shape index (κ2) is 6.54. The molecule has 1 aromatic rings. The number of likely N-dealkylation sites (tertiary alicyclic amines) is 1. The molecule has 0 bridgehead atoms. The summed E-state index contributed by atoms with van der Waals surface area (Å²) in [6.45, 7) is 1.23. The van der Waals surface area contributed by atoms with Gasteiger partial charge in [0.1, 0.15) is 24.5 Å². The third kappa shape index (κ3) is 3.94. The number of carboxylic acids is 1. The van der Waals surface area contributed by atoms with E-state index in [9.17, 15) is 9.90 Å². The topological polar surface area (TPSA) is 70.0 Å². The smallest absolute Gasteiger partial charge is 0.320 e. The van der Waals surface area contributed by atoms with E-state index in [2.05, 4.69) is 0 Å². The molecule has 5 heteroatoms. The molecule has 1 fully saturated rings. The van der Waals surface area contributed by atoms with Gasteiger partial charge in [-0.15, -0.1) is 0 Å².